The number of fused-ring (bicyclic) bond motifs is 1. The van der Waals surface area contributed by atoms with Crippen molar-refractivity contribution in [3.05, 3.63) is 64.9 Å². The minimum absolute atomic E-state index is 0.0187. The van der Waals surface area contributed by atoms with E-state index in [0.717, 1.165) is 22.4 Å². The van der Waals surface area contributed by atoms with Gasteiger partial charge in [0, 0.05) is 17.9 Å². The van der Waals surface area contributed by atoms with Crippen LogP contribution in [0, 0.1) is 6.92 Å². The van der Waals surface area contributed by atoms with Crippen LogP contribution in [-0.2, 0) is 4.79 Å². The molecule has 4 heteroatoms. The maximum absolute atomic E-state index is 12.0. The molecule has 1 aliphatic heterocycles. The van der Waals surface area contributed by atoms with Gasteiger partial charge < -0.3 is 5.32 Å². The minimum atomic E-state index is 0.0187. The number of hydrogen-bond acceptors (Lipinski definition) is 2. The van der Waals surface area contributed by atoms with E-state index in [1.54, 1.807) is 0 Å². The molecule has 1 aliphatic carbocycles. The summed E-state index contributed by atoms with van der Waals surface area (Å²) in [5.74, 6) is 0.733. The molecule has 0 saturated carbocycles. The van der Waals surface area contributed by atoms with E-state index in [1.807, 2.05) is 12.1 Å². The van der Waals surface area contributed by atoms with Crippen molar-refractivity contribution in [2.24, 2.45) is 0 Å². The third-order valence-corrected chi connectivity index (χ3v) is 4.08. The van der Waals surface area contributed by atoms with E-state index in [2.05, 4.69) is 52.8 Å². The number of nitrogens with one attached hydrogen (secondary N) is 2. The third-order valence-electron chi connectivity index (χ3n) is 4.08. The second-order valence-corrected chi connectivity index (χ2v) is 5.56. The molecule has 0 saturated heterocycles. The molecule has 4 rings (SSSR count). The van der Waals surface area contributed by atoms with Crippen LogP contribution in [0.25, 0.3) is 5.57 Å². The molecule has 2 N–H and O–H groups in total. The highest BCUT2D eigenvalue weighted by molar-refractivity contribution is 5.96. The maximum Gasteiger partial charge on any atom is 0.226 e. The number of H-pyrrole nitrogens is 1. The topological polar surface area (TPSA) is 57.8 Å². The summed E-state index contributed by atoms with van der Waals surface area (Å²) in [5.41, 5.74) is 5.61. The van der Waals surface area contributed by atoms with Gasteiger partial charge >= 0.3 is 0 Å². The average Bonchev–Trinajstić information content (AvgIpc) is 2.79. The van der Waals surface area contributed by atoms with Gasteiger partial charge in [0.25, 0.3) is 0 Å². The Labute approximate surface area is 122 Å². The molecule has 1 unspecified atom stereocenters. The van der Waals surface area contributed by atoms with Gasteiger partial charge in [-0.05, 0) is 18.1 Å². The second kappa shape index (κ2) is 4.45. The fourth-order valence-electron chi connectivity index (χ4n) is 3.01. The van der Waals surface area contributed by atoms with Gasteiger partial charge in [-0.2, -0.15) is 5.10 Å². The van der Waals surface area contributed by atoms with Crippen LogP contribution >= 0.6 is 0 Å². The van der Waals surface area contributed by atoms with Crippen LogP contribution in [0.3, 0.4) is 0 Å². The first kappa shape index (κ1) is 12.1. The van der Waals surface area contributed by atoms with Crippen LogP contribution in [0.15, 0.2) is 42.5 Å². The van der Waals surface area contributed by atoms with Crippen LogP contribution < -0.4 is 5.32 Å². The highest BCUT2D eigenvalue weighted by Crippen LogP contribution is 2.41. The lowest BCUT2D eigenvalue weighted by Crippen LogP contribution is -2.23. The summed E-state index contributed by atoms with van der Waals surface area (Å²) in [6.07, 6.45) is 6.57. The van der Waals surface area contributed by atoms with E-state index in [4.69, 9.17) is 0 Å². The van der Waals surface area contributed by atoms with Gasteiger partial charge in [-0.25, -0.2) is 0 Å². The van der Waals surface area contributed by atoms with Crippen LogP contribution in [-0.4, -0.2) is 16.1 Å². The highest BCUT2D eigenvalue weighted by Gasteiger charge is 2.32. The van der Waals surface area contributed by atoms with E-state index in [9.17, 15) is 4.79 Å². The van der Waals surface area contributed by atoms with E-state index in [1.165, 1.54) is 5.56 Å². The Kier molecular flexibility index (Phi) is 2.57. The van der Waals surface area contributed by atoms with Gasteiger partial charge in [0.1, 0.15) is 0 Å². The Hall–Kier alpha value is -2.62. The number of nitrogens with zero attached hydrogens (tertiary/aromatic N) is 1. The zero-order valence-corrected chi connectivity index (χ0v) is 11.7. The lowest BCUT2D eigenvalue weighted by Gasteiger charge is -2.24. The number of aromatic amines is 1. The summed E-state index contributed by atoms with van der Waals surface area (Å²) in [4.78, 5) is 12.0. The summed E-state index contributed by atoms with van der Waals surface area (Å²) >= 11 is 0. The van der Waals surface area contributed by atoms with E-state index >= 15 is 0 Å². The molecule has 1 aromatic carbocycles. The quantitative estimate of drug-likeness (QED) is 0.886. The fourth-order valence-corrected chi connectivity index (χ4v) is 3.01. The molecule has 2 aromatic rings. The number of benzene rings is 1. The zero-order chi connectivity index (χ0) is 14.4. The number of hydrogen-bond donors (Lipinski definition) is 2. The molecule has 2 aliphatic rings. The van der Waals surface area contributed by atoms with Gasteiger partial charge in [-0.3, -0.25) is 9.89 Å². The van der Waals surface area contributed by atoms with E-state index in [-0.39, 0.29) is 11.8 Å². The van der Waals surface area contributed by atoms with Gasteiger partial charge in [0.2, 0.25) is 5.91 Å². The molecule has 1 aromatic heterocycles. The predicted octanol–water partition coefficient (Wildman–Crippen LogP) is 3.15. The number of rotatable bonds is 2. The standard InChI is InChI=1S/C17H15N3O/c1-10-4-2-7-12(8-10)13-9-14(21)18-17-15(13)16(19-20-17)11-5-3-6-11/h2-8,13H,9H2,1H3,(H2,18,19,20,21). The Morgan fingerprint density at radius 3 is 2.90 bits per heavy atom. The highest BCUT2D eigenvalue weighted by atomic mass is 16.1. The van der Waals surface area contributed by atoms with Crippen molar-refractivity contribution < 1.29 is 4.79 Å². The van der Waals surface area contributed by atoms with Gasteiger partial charge in [-0.15, -0.1) is 0 Å². The largest absolute Gasteiger partial charge is 0.309 e. The number of anilines is 1. The molecule has 104 valence electrons. The van der Waals surface area contributed by atoms with Crippen molar-refractivity contribution in [1.29, 1.82) is 0 Å². The summed E-state index contributed by atoms with van der Waals surface area (Å²) < 4.78 is 0. The van der Waals surface area contributed by atoms with Gasteiger partial charge in [0.15, 0.2) is 5.82 Å². The van der Waals surface area contributed by atoms with Crippen molar-refractivity contribution in [3.8, 4) is 0 Å². The number of carbonyl (C=O) groups is 1. The summed E-state index contributed by atoms with van der Waals surface area (Å²) in [6, 6.07) is 8.34. The van der Waals surface area contributed by atoms with Crippen molar-refractivity contribution >= 4 is 17.3 Å². The molecule has 0 spiro atoms. The second-order valence-electron chi connectivity index (χ2n) is 5.56. The van der Waals surface area contributed by atoms with Gasteiger partial charge in [0.05, 0.1) is 5.69 Å². The Bertz CT molecular complexity index is 798. The monoisotopic (exact) mass is 277 g/mol. The van der Waals surface area contributed by atoms with Crippen molar-refractivity contribution in [3.63, 3.8) is 0 Å². The molecular weight excluding hydrogens is 262 g/mol. The zero-order valence-electron chi connectivity index (χ0n) is 11.7. The normalized spacial score (nSPS) is 19.6. The SMILES string of the molecule is Cc1cccc(C2CC(=O)Nc3n[nH]c(C4=CC=C4)c32)c1. The maximum atomic E-state index is 12.0. The lowest BCUT2D eigenvalue weighted by molar-refractivity contribution is -0.116. The van der Waals surface area contributed by atoms with Crippen LogP contribution in [0.2, 0.25) is 0 Å². The number of carbonyl (C=O) groups excluding carboxylic acids is 1. The number of allylic oxidation sites excluding steroid dienone is 4. The summed E-state index contributed by atoms with van der Waals surface area (Å²) in [7, 11) is 0. The molecule has 4 nitrogen and oxygen atoms in total. The minimum Gasteiger partial charge on any atom is -0.309 e. The molecule has 0 radical (unpaired) electrons. The molecule has 0 bridgehead atoms. The van der Waals surface area contributed by atoms with Crippen molar-refractivity contribution in [1.82, 2.24) is 10.2 Å². The summed E-state index contributed by atoms with van der Waals surface area (Å²) in [5, 5.41) is 10.2. The first-order chi connectivity index (χ1) is 10.2. The molecule has 2 heterocycles. The lowest BCUT2D eigenvalue weighted by atomic mass is 9.83. The Balaban J connectivity index is 1.86. The third kappa shape index (κ3) is 1.91. The molecule has 1 atom stereocenters. The van der Waals surface area contributed by atoms with Crippen molar-refractivity contribution in [2.75, 3.05) is 5.32 Å². The van der Waals surface area contributed by atoms with Crippen LogP contribution in [0.5, 0.6) is 0 Å². The number of amides is 1. The number of aromatic nitrogens is 2. The molecular formula is C17H15N3O. The molecule has 1 amide bonds. The van der Waals surface area contributed by atoms with Gasteiger partial charge in [-0.1, -0.05) is 48.1 Å². The summed E-state index contributed by atoms with van der Waals surface area (Å²) in [6.45, 7) is 2.07. The Morgan fingerprint density at radius 2 is 2.19 bits per heavy atom. The molecule has 0 fully saturated rings. The van der Waals surface area contributed by atoms with Crippen LogP contribution in [0.1, 0.15) is 34.7 Å². The van der Waals surface area contributed by atoms with Crippen molar-refractivity contribution in [2.45, 2.75) is 19.3 Å². The Morgan fingerprint density at radius 1 is 1.33 bits per heavy atom. The first-order valence-electron chi connectivity index (χ1n) is 7.06. The van der Waals surface area contributed by atoms with E-state index < -0.39 is 0 Å². The average molecular weight is 277 g/mol. The number of aryl methyl sites for hydroxylation is 1. The molecule has 21 heavy (non-hydrogen) atoms. The van der Waals surface area contributed by atoms with Crippen LogP contribution in [0.4, 0.5) is 5.82 Å². The first-order valence-corrected chi connectivity index (χ1v) is 7.06. The smallest absolute Gasteiger partial charge is 0.226 e. The fraction of sp³-hybridized carbons (Fsp3) is 0.176. The predicted molar refractivity (Wildman–Crippen MR) is 82.0 cm³/mol. The van der Waals surface area contributed by atoms with E-state index in [0.29, 0.717) is 12.2 Å².